The fourth-order valence-electron chi connectivity index (χ4n) is 1.95. The third-order valence-corrected chi connectivity index (χ3v) is 3.15. The molecule has 1 aliphatic heterocycles. The second-order valence-electron chi connectivity index (χ2n) is 4.64. The Kier molecular flexibility index (Phi) is 4.34. The number of carbonyl (C=O) groups excluding carboxylic acids is 1. The van der Waals surface area contributed by atoms with E-state index in [9.17, 15) is 14.7 Å². The van der Waals surface area contributed by atoms with E-state index in [1.807, 2.05) is 6.92 Å². The number of likely N-dealkylation sites (tertiary alicyclic amines) is 1. The molecule has 1 aliphatic rings. The number of carbonyl (C=O) groups is 2. The van der Waals surface area contributed by atoms with E-state index < -0.39 is 11.6 Å². The molecule has 6 nitrogen and oxygen atoms in total. The lowest BCUT2D eigenvalue weighted by Crippen LogP contribution is -2.51. The standard InChI is InChI=1S/C11H20N2O4/c1-3-8-5-4-6-13(8)10(16)12-7-11(2,17)9(14)15/h8,17H,3-7H2,1-2H3,(H,12,16)(H,14,15). The predicted molar refractivity (Wildman–Crippen MR) is 61.7 cm³/mol. The van der Waals surface area contributed by atoms with Crippen molar-refractivity contribution < 1.29 is 19.8 Å². The van der Waals surface area contributed by atoms with Crippen LogP contribution in [0.2, 0.25) is 0 Å². The molecule has 0 aliphatic carbocycles. The number of hydrogen-bond donors (Lipinski definition) is 3. The molecule has 1 fully saturated rings. The molecule has 17 heavy (non-hydrogen) atoms. The maximum absolute atomic E-state index is 11.8. The molecular formula is C11H20N2O4. The smallest absolute Gasteiger partial charge is 0.337 e. The van der Waals surface area contributed by atoms with Crippen molar-refractivity contribution in [1.82, 2.24) is 10.2 Å². The number of hydrogen-bond acceptors (Lipinski definition) is 3. The van der Waals surface area contributed by atoms with Crippen molar-refractivity contribution in [1.29, 1.82) is 0 Å². The van der Waals surface area contributed by atoms with Crippen molar-refractivity contribution in [2.24, 2.45) is 0 Å². The molecule has 3 N–H and O–H groups in total. The molecule has 0 radical (unpaired) electrons. The van der Waals surface area contributed by atoms with Gasteiger partial charge in [0, 0.05) is 12.6 Å². The van der Waals surface area contributed by atoms with Gasteiger partial charge >= 0.3 is 12.0 Å². The molecule has 1 rings (SSSR count). The fraction of sp³-hybridized carbons (Fsp3) is 0.818. The van der Waals surface area contributed by atoms with E-state index in [0.29, 0.717) is 6.54 Å². The van der Waals surface area contributed by atoms with Crippen LogP contribution in [0, 0.1) is 0 Å². The minimum Gasteiger partial charge on any atom is -0.479 e. The lowest BCUT2D eigenvalue weighted by molar-refractivity contribution is -0.155. The van der Waals surface area contributed by atoms with E-state index in [4.69, 9.17) is 5.11 Å². The number of amides is 2. The summed E-state index contributed by atoms with van der Waals surface area (Å²) in [4.78, 5) is 24.2. The number of carboxylic acid groups (broad SMARTS) is 1. The number of carboxylic acids is 1. The number of nitrogens with one attached hydrogen (secondary N) is 1. The van der Waals surface area contributed by atoms with Crippen molar-refractivity contribution in [3.05, 3.63) is 0 Å². The zero-order valence-corrected chi connectivity index (χ0v) is 10.3. The second kappa shape index (κ2) is 5.35. The molecule has 1 heterocycles. The first-order valence-corrected chi connectivity index (χ1v) is 5.88. The highest BCUT2D eigenvalue weighted by molar-refractivity contribution is 5.79. The summed E-state index contributed by atoms with van der Waals surface area (Å²) in [7, 11) is 0. The van der Waals surface area contributed by atoms with Gasteiger partial charge in [-0.1, -0.05) is 6.92 Å². The van der Waals surface area contributed by atoms with Gasteiger partial charge in [0.1, 0.15) is 0 Å². The van der Waals surface area contributed by atoms with Crippen LogP contribution in [-0.4, -0.2) is 51.8 Å². The van der Waals surface area contributed by atoms with Crippen LogP contribution in [-0.2, 0) is 4.79 Å². The summed E-state index contributed by atoms with van der Waals surface area (Å²) >= 11 is 0. The van der Waals surface area contributed by atoms with Crippen LogP contribution in [0.3, 0.4) is 0 Å². The highest BCUT2D eigenvalue weighted by Crippen LogP contribution is 2.19. The number of nitrogens with zero attached hydrogens (tertiary/aromatic N) is 1. The number of aliphatic carboxylic acids is 1. The molecule has 2 amide bonds. The Morgan fingerprint density at radius 2 is 2.18 bits per heavy atom. The Morgan fingerprint density at radius 3 is 2.71 bits per heavy atom. The number of urea groups is 1. The lowest BCUT2D eigenvalue weighted by Gasteiger charge is -2.26. The zero-order valence-electron chi connectivity index (χ0n) is 10.3. The molecule has 2 atom stereocenters. The van der Waals surface area contributed by atoms with Crippen LogP contribution in [0.15, 0.2) is 0 Å². The van der Waals surface area contributed by atoms with E-state index in [1.165, 1.54) is 0 Å². The average Bonchev–Trinajstić information content (AvgIpc) is 2.73. The van der Waals surface area contributed by atoms with Gasteiger partial charge in [-0.25, -0.2) is 9.59 Å². The first kappa shape index (κ1) is 13.8. The molecule has 98 valence electrons. The third kappa shape index (κ3) is 3.33. The van der Waals surface area contributed by atoms with Crippen LogP contribution in [0.1, 0.15) is 33.1 Å². The average molecular weight is 244 g/mol. The van der Waals surface area contributed by atoms with Gasteiger partial charge in [0.25, 0.3) is 0 Å². The maximum atomic E-state index is 11.8. The summed E-state index contributed by atoms with van der Waals surface area (Å²) < 4.78 is 0. The largest absolute Gasteiger partial charge is 0.479 e. The minimum absolute atomic E-state index is 0.227. The van der Waals surface area contributed by atoms with Crippen molar-refractivity contribution in [3.8, 4) is 0 Å². The first-order chi connectivity index (χ1) is 7.88. The van der Waals surface area contributed by atoms with Gasteiger partial charge in [-0.15, -0.1) is 0 Å². The van der Waals surface area contributed by atoms with Gasteiger partial charge in [-0.3, -0.25) is 0 Å². The summed E-state index contributed by atoms with van der Waals surface area (Å²) in [5.41, 5.74) is -1.92. The number of aliphatic hydroxyl groups is 1. The SMILES string of the molecule is CCC1CCCN1C(=O)NCC(C)(O)C(=O)O. The van der Waals surface area contributed by atoms with Gasteiger partial charge in [0.05, 0.1) is 6.54 Å². The van der Waals surface area contributed by atoms with Crippen LogP contribution < -0.4 is 5.32 Å². The van der Waals surface area contributed by atoms with E-state index in [0.717, 1.165) is 26.2 Å². The van der Waals surface area contributed by atoms with Crippen molar-refractivity contribution in [3.63, 3.8) is 0 Å². The highest BCUT2D eigenvalue weighted by Gasteiger charge is 2.33. The first-order valence-electron chi connectivity index (χ1n) is 5.88. The summed E-state index contributed by atoms with van der Waals surface area (Å²) in [5, 5.41) is 20.6. The quantitative estimate of drug-likeness (QED) is 0.668. The lowest BCUT2D eigenvalue weighted by atomic mass is 10.1. The molecule has 2 unspecified atom stereocenters. The Labute approximate surface area is 101 Å². The molecule has 0 bridgehead atoms. The Hall–Kier alpha value is -1.30. The van der Waals surface area contributed by atoms with Crippen molar-refractivity contribution in [2.45, 2.75) is 44.8 Å². The maximum Gasteiger partial charge on any atom is 0.337 e. The summed E-state index contributed by atoms with van der Waals surface area (Å²) in [6, 6.07) is -0.0688. The molecular weight excluding hydrogens is 224 g/mol. The molecule has 6 heteroatoms. The molecule has 0 spiro atoms. The van der Waals surface area contributed by atoms with Crippen molar-refractivity contribution >= 4 is 12.0 Å². The van der Waals surface area contributed by atoms with Crippen molar-refractivity contribution in [2.75, 3.05) is 13.1 Å². The van der Waals surface area contributed by atoms with Gasteiger partial charge in [0.2, 0.25) is 0 Å². The second-order valence-corrected chi connectivity index (χ2v) is 4.64. The predicted octanol–water partition coefficient (Wildman–Crippen LogP) is 0.406. The van der Waals surface area contributed by atoms with E-state index in [-0.39, 0.29) is 18.6 Å². The number of rotatable bonds is 4. The normalized spacial score (nSPS) is 23.2. The van der Waals surface area contributed by atoms with E-state index >= 15 is 0 Å². The van der Waals surface area contributed by atoms with Crippen LogP contribution in [0.25, 0.3) is 0 Å². The van der Waals surface area contributed by atoms with Gasteiger partial charge in [-0.2, -0.15) is 0 Å². The Bertz CT molecular complexity index is 304. The van der Waals surface area contributed by atoms with Gasteiger partial charge < -0.3 is 20.4 Å². The van der Waals surface area contributed by atoms with Gasteiger partial charge in [-0.05, 0) is 26.2 Å². The topological polar surface area (TPSA) is 89.9 Å². The monoisotopic (exact) mass is 244 g/mol. The summed E-state index contributed by atoms with van der Waals surface area (Å²) in [6.45, 7) is 3.59. The van der Waals surface area contributed by atoms with Gasteiger partial charge in [0.15, 0.2) is 5.60 Å². The van der Waals surface area contributed by atoms with E-state index in [1.54, 1.807) is 4.90 Å². The molecule has 1 saturated heterocycles. The summed E-state index contributed by atoms with van der Waals surface area (Å²) in [5.74, 6) is -1.34. The summed E-state index contributed by atoms with van der Waals surface area (Å²) in [6.07, 6.45) is 2.85. The molecule has 0 saturated carbocycles. The third-order valence-electron chi connectivity index (χ3n) is 3.15. The molecule has 0 aromatic rings. The van der Waals surface area contributed by atoms with E-state index in [2.05, 4.69) is 5.32 Å². The Morgan fingerprint density at radius 1 is 1.53 bits per heavy atom. The highest BCUT2D eigenvalue weighted by atomic mass is 16.4. The van der Waals surface area contributed by atoms with Crippen LogP contribution >= 0.6 is 0 Å². The molecule has 0 aromatic heterocycles. The zero-order chi connectivity index (χ0) is 13.1. The van der Waals surface area contributed by atoms with Crippen LogP contribution in [0.5, 0.6) is 0 Å². The fourth-order valence-corrected chi connectivity index (χ4v) is 1.95. The minimum atomic E-state index is -1.92. The molecule has 0 aromatic carbocycles. The van der Waals surface area contributed by atoms with Crippen LogP contribution in [0.4, 0.5) is 4.79 Å². The Balaban J connectivity index is 2.47.